The molecule has 1 heterocycles. The lowest BCUT2D eigenvalue weighted by atomic mass is 9.88. The van der Waals surface area contributed by atoms with Gasteiger partial charge < -0.3 is 4.98 Å². The van der Waals surface area contributed by atoms with Crippen molar-refractivity contribution >= 4 is 10.9 Å². The molecule has 3 aromatic rings. The van der Waals surface area contributed by atoms with Gasteiger partial charge in [-0.25, -0.2) is 8.78 Å². The van der Waals surface area contributed by atoms with E-state index < -0.39 is 0 Å². The summed E-state index contributed by atoms with van der Waals surface area (Å²) in [6, 6.07) is 11.6. The summed E-state index contributed by atoms with van der Waals surface area (Å²) in [4.78, 5) is 2.88. The summed E-state index contributed by atoms with van der Waals surface area (Å²) in [6.45, 7) is 3.93. The van der Waals surface area contributed by atoms with Crippen LogP contribution in [0.25, 0.3) is 10.9 Å². The van der Waals surface area contributed by atoms with Gasteiger partial charge in [-0.3, -0.25) is 0 Å². The van der Waals surface area contributed by atoms with Gasteiger partial charge in [0.15, 0.2) is 0 Å². The second-order valence-electron chi connectivity index (χ2n) is 4.84. The number of aromatic amines is 1. The molecule has 1 nitrogen and oxygen atoms in total. The summed E-state index contributed by atoms with van der Waals surface area (Å²) in [5.74, 6) is -0.587. The highest BCUT2D eigenvalue weighted by molar-refractivity contribution is 5.81. The van der Waals surface area contributed by atoms with Crippen LogP contribution in [0, 0.1) is 18.6 Å². The van der Waals surface area contributed by atoms with Crippen LogP contribution < -0.4 is 0 Å². The van der Waals surface area contributed by atoms with E-state index in [2.05, 4.69) is 11.9 Å². The summed E-state index contributed by atoms with van der Waals surface area (Å²) >= 11 is 0. The zero-order valence-corrected chi connectivity index (χ0v) is 10.9. The van der Waals surface area contributed by atoms with Crippen LogP contribution in [0.5, 0.6) is 0 Å². The van der Waals surface area contributed by atoms with Crippen molar-refractivity contribution in [1.82, 2.24) is 4.98 Å². The zero-order valence-electron chi connectivity index (χ0n) is 10.9. The second-order valence-corrected chi connectivity index (χ2v) is 4.84. The van der Waals surface area contributed by atoms with Gasteiger partial charge in [-0.15, -0.1) is 0 Å². The van der Waals surface area contributed by atoms with E-state index in [1.165, 1.54) is 18.2 Å². The van der Waals surface area contributed by atoms with E-state index >= 15 is 0 Å². The summed E-state index contributed by atoms with van der Waals surface area (Å²) in [5.41, 5.74) is 2.31. The molecule has 0 aliphatic heterocycles. The van der Waals surface area contributed by atoms with Gasteiger partial charge in [0, 0.05) is 17.5 Å². The highest BCUT2D eigenvalue weighted by atomic mass is 19.1. The Hall–Kier alpha value is -2.16. The number of benzene rings is 2. The lowest BCUT2D eigenvalue weighted by molar-refractivity contribution is 0.624. The minimum Gasteiger partial charge on any atom is -0.359 e. The molecular weight excluding hydrogens is 256 g/mol. The Kier molecular flexibility index (Phi) is 3.26. The Bertz CT molecular complexity index is 728. The molecule has 3 rings (SSSR count). The molecule has 1 N–H and O–H groups in total. The van der Waals surface area contributed by atoms with Gasteiger partial charge in [-0.2, -0.15) is 0 Å². The van der Waals surface area contributed by atoms with Crippen molar-refractivity contribution in [2.75, 3.05) is 0 Å². The van der Waals surface area contributed by atoms with Crippen LogP contribution in [0.2, 0.25) is 0 Å². The van der Waals surface area contributed by atoms with Crippen molar-refractivity contribution in [3.8, 4) is 0 Å². The average Bonchev–Trinajstić information content (AvgIpc) is 2.91. The molecule has 2 aromatic carbocycles. The predicted octanol–water partition coefficient (Wildman–Crippen LogP) is 4.80. The van der Waals surface area contributed by atoms with Gasteiger partial charge in [0.1, 0.15) is 11.6 Å². The highest BCUT2D eigenvalue weighted by Gasteiger charge is 2.15. The quantitative estimate of drug-likeness (QED) is 0.703. The third kappa shape index (κ3) is 2.20. The number of fused-ring (bicyclic) bond motifs is 1. The standard InChI is InChI=1S/C17H14F2N/c1-2-15(11-3-5-14(18)6-4-11)13-9-12-7-8-20-17(12)16(19)10-13/h3-10,15,20H,1-2H2. The first-order valence-corrected chi connectivity index (χ1v) is 6.50. The first-order valence-electron chi connectivity index (χ1n) is 6.50. The van der Waals surface area contributed by atoms with Crippen molar-refractivity contribution in [2.45, 2.75) is 12.3 Å². The van der Waals surface area contributed by atoms with Gasteiger partial charge in [0.05, 0.1) is 5.52 Å². The van der Waals surface area contributed by atoms with Crippen LogP contribution in [0.1, 0.15) is 23.5 Å². The average molecular weight is 270 g/mol. The third-order valence-electron chi connectivity index (χ3n) is 3.60. The monoisotopic (exact) mass is 270 g/mol. The van der Waals surface area contributed by atoms with Crippen LogP contribution in [0.4, 0.5) is 8.78 Å². The number of nitrogens with one attached hydrogen (secondary N) is 1. The van der Waals surface area contributed by atoms with Crippen molar-refractivity contribution in [3.05, 3.63) is 78.3 Å². The minimum atomic E-state index is -0.275. The largest absolute Gasteiger partial charge is 0.359 e. The highest BCUT2D eigenvalue weighted by Crippen LogP contribution is 2.31. The van der Waals surface area contributed by atoms with Gasteiger partial charge >= 0.3 is 0 Å². The maximum Gasteiger partial charge on any atom is 0.147 e. The number of H-pyrrole nitrogens is 1. The lowest BCUT2D eigenvalue weighted by Crippen LogP contribution is -2.01. The summed E-state index contributed by atoms with van der Waals surface area (Å²) in [7, 11) is 0. The Balaban J connectivity index is 2.08. The molecule has 0 spiro atoms. The third-order valence-corrected chi connectivity index (χ3v) is 3.60. The first kappa shape index (κ1) is 12.9. The van der Waals surface area contributed by atoms with Crippen LogP contribution in [-0.4, -0.2) is 4.98 Å². The molecule has 1 aromatic heterocycles. The molecule has 0 bridgehead atoms. The van der Waals surface area contributed by atoms with E-state index in [0.717, 1.165) is 16.5 Å². The van der Waals surface area contributed by atoms with Gasteiger partial charge in [0.2, 0.25) is 0 Å². The summed E-state index contributed by atoms with van der Waals surface area (Å²) in [5, 5.41) is 0.834. The van der Waals surface area contributed by atoms with Gasteiger partial charge in [-0.05, 0) is 47.9 Å². The number of hydrogen-bond donors (Lipinski definition) is 1. The molecule has 0 amide bonds. The summed E-state index contributed by atoms with van der Waals surface area (Å²) < 4.78 is 27.1. The van der Waals surface area contributed by atoms with Gasteiger partial charge in [-0.1, -0.05) is 19.1 Å². The molecule has 1 unspecified atom stereocenters. The number of halogens is 2. The van der Waals surface area contributed by atoms with Crippen LogP contribution in [0.15, 0.2) is 48.7 Å². The van der Waals surface area contributed by atoms with E-state index in [0.29, 0.717) is 11.9 Å². The van der Waals surface area contributed by atoms with Crippen molar-refractivity contribution in [2.24, 2.45) is 0 Å². The van der Waals surface area contributed by atoms with Crippen molar-refractivity contribution < 1.29 is 8.78 Å². The molecule has 1 radical (unpaired) electrons. The maximum absolute atomic E-state index is 14.0. The van der Waals surface area contributed by atoms with E-state index in [-0.39, 0.29) is 17.6 Å². The lowest BCUT2D eigenvalue weighted by Gasteiger charge is -2.16. The molecular formula is C17H14F2N. The van der Waals surface area contributed by atoms with Crippen molar-refractivity contribution in [3.63, 3.8) is 0 Å². The summed E-state index contributed by atoms with van der Waals surface area (Å²) in [6.07, 6.45) is 2.30. The van der Waals surface area contributed by atoms with E-state index in [9.17, 15) is 8.78 Å². The first-order chi connectivity index (χ1) is 9.69. The molecule has 101 valence electrons. The van der Waals surface area contributed by atoms with Crippen LogP contribution >= 0.6 is 0 Å². The normalized spacial score (nSPS) is 12.8. The molecule has 1 atom stereocenters. The van der Waals surface area contributed by atoms with Gasteiger partial charge in [0.25, 0.3) is 0 Å². The number of rotatable bonds is 3. The fourth-order valence-electron chi connectivity index (χ4n) is 2.57. The molecule has 20 heavy (non-hydrogen) atoms. The SMILES string of the molecule is [CH2]CC(c1ccc(F)cc1)c1cc(F)c2[nH]ccc2c1. The topological polar surface area (TPSA) is 15.8 Å². The molecule has 0 saturated carbocycles. The maximum atomic E-state index is 14.0. The predicted molar refractivity (Wildman–Crippen MR) is 76.5 cm³/mol. The molecule has 0 aliphatic carbocycles. The van der Waals surface area contributed by atoms with E-state index in [1.54, 1.807) is 18.3 Å². The Morgan fingerprint density at radius 1 is 1.00 bits per heavy atom. The minimum absolute atomic E-state index is 0.0376. The fourth-order valence-corrected chi connectivity index (χ4v) is 2.57. The smallest absolute Gasteiger partial charge is 0.147 e. The molecule has 3 heteroatoms. The van der Waals surface area contributed by atoms with Crippen molar-refractivity contribution in [1.29, 1.82) is 0 Å². The Morgan fingerprint density at radius 3 is 2.45 bits per heavy atom. The fraction of sp³-hybridized carbons (Fsp3) is 0.118. The van der Waals surface area contributed by atoms with E-state index in [4.69, 9.17) is 0 Å². The molecule has 0 aliphatic rings. The number of aromatic nitrogens is 1. The Labute approximate surface area is 116 Å². The van der Waals surface area contributed by atoms with E-state index in [1.807, 2.05) is 12.1 Å². The second kappa shape index (κ2) is 5.08. The molecule has 0 saturated heterocycles. The van der Waals surface area contributed by atoms with Crippen LogP contribution in [0.3, 0.4) is 0 Å². The number of hydrogen-bond acceptors (Lipinski definition) is 0. The zero-order chi connectivity index (χ0) is 14.1. The van der Waals surface area contributed by atoms with Crippen LogP contribution in [-0.2, 0) is 0 Å². The Morgan fingerprint density at radius 2 is 1.75 bits per heavy atom. The molecule has 0 fully saturated rings.